The van der Waals surface area contributed by atoms with Crippen molar-refractivity contribution >= 4 is 5.57 Å². The molecule has 0 heterocycles. The van der Waals surface area contributed by atoms with Gasteiger partial charge in [-0.1, -0.05) is 55.8 Å². The minimum atomic E-state index is -0.867. The maximum Gasteiger partial charge on any atom is 0.201 e. The average Bonchev–Trinajstić information content (AvgIpc) is 2.91. The van der Waals surface area contributed by atoms with Crippen LogP contribution in [0, 0.1) is 29.4 Å². The van der Waals surface area contributed by atoms with Crippen LogP contribution in [-0.2, 0) is 12.8 Å². The van der Waals surface area contributed by atoms with Gasteiger partial charge in [-0.05, 0) is 118 Å². The molecular weight excluding hydrogens is 450 g/mol. The van der Waals surface area contributed by atoms with Crippen molar-refractivity contribution in [1.82, 2.24) is 0 Å². The van der Waals surface area contributed by atoms with Gasteiger partial charge in [0.15, 0.2) is 11.6 Å². The van der Waals surface area contributed by atoms with Crippen molar-refractivity contribution in [2.45, 2.75) is 84.5 Å². The van der Waals surface area contributed by atoms with Gasteiger partial charge in [-0.25, -0.2) is 4.39 Å². The summed E-state index contributed by atoms with van der Waals surface area (Å²) in [6, 6.07) is 12.4. The van der Waals surface area contributed by atoms with Crippen molar-refractivity contribution in [2.75, 3.05) is 6.61 Å². The summed E-state index contributed by atoms with van der Waals surface area (Å²) >= 11 is 0. The fraction of sp³-hybridized carbons (Fsp3) is 0.515. The first-order chi connectivity index (χ1) is 17.6. The molecular formula is C33H42F2O. The van der Waals surface area contributed by atoms with Gasteiger partial charge in [-0.15, -0.1) is 0 Å². The summed E-state index contributed by atoms with van der Waals surface area (Å²) in [5, 5.41) is 0. The third kappa shape index (κ3) is 6.87. The highest BCUT2D eigenvalue weighted by atomic mass is 19.2. The first-order valence-electron chi connectivity index (χ1n) is 14.1. The fourth-order valence-electron chi connectivity index (χ4n) is 6.08. The molecule has 0 spiro atoms. The number of aryl methyl sites for hydroxylation is 2. The Morgan fingerprint density at radius 3 is 2.19 bits per heavy atom. The molecule has 0 amide bonds. The van der Waals surface area contributed by atoms with Gasteiger partial charge in [-0.3, -0.25) is 0 Å². The first-order valence-corrected chi connectivity index (χ1v) is 14.1. The van der Waals surface area contributed by atoms with Gasteiger partial charge in [0, 0.05) is 5.56 Å². The van der Waals surface area contributed by atoms with Crippen LogP contribution in [0.15, 0.2) is 54.6 Å². The van der Waals surface area contributed by atoms with Gasteiger partial charge in [0.05, 0.1) is 6.61 Å². The van der Waals surface area contributed by atoms with E-state index in [1.54, 1.807) is 19.1 Å². The van der Waals surface area contributed by atoms with E-state index in [2.05, 4.69) is 49.4 Å². The molecule has 194 valence electrons. The Hall–Kier alpha value is -2.42. The predicted molar refractivity (Wildman–Crippen MR) is 146 cm³/mol. The first kappa shape index (κ1) is 26.6. The maximum absolute atomic E-state index is 14.6. The standard InChI is InChI=1S/C33H42F2O/c1-3-7-24-10-12-25(13-11-24)8-5-6-9-26-14-16-27(17-15-26)28-18-20-29(21-19-28)30-22-23-31(36-4-2)33(35)32(30)34/h6,9-13,20,22-23,26-28H,3-5,7-8,14-19,21H2,1-2H3. The number of ether oxygens (including phenoxy) is 1. The average molecular weight is 493 g/mol. The molecule has 0 radical (unpaired) electrons. The van der Waals surface area contributed by atoms with Gasteiger partial charge < -0.3 is 4.74 Å². The number of allylic oxidation sites excluding steroid dienone is 4. The monoisotopic (exact) mass is 492 g/mol. The highest BCUT2D eigenvalue weighted by Gasteiger charge is 2.29. The summed E-state index contributed by atoms with van der Waals surface area (Å²) in [4.78, 5) is 0. The van der Waals surface area contributed by atoms with Crippen molar-refractivity contribution < 1.29 is 13.5 Å². The van der Waals surface area contributed by atoms with Gasteiger partial charge in [0.25, 0.3) is 0 Å². The highest BCUT2D eigenvalue weighted by Crippen LogP contribution is 2.42. The molecule has 4 rings (SSSR count). The van der Waals surface area contributed by atoms with Gasteiger partial charge in [0.2, 0.25) is 5.82 Å². The Balaban J connectivity index is 1.21. The lowest BCUT2D eigenvalue weighted by molar-refractivity contribution is 0.212. The second-order valence-corrected chi connectivity index (χ2v) is 10.6. The summed E-state index contributed by atoms with van der Waals surface area (Å²) < 4.78 is 34.1. The predicted octanol–water partition coefficient (Wildman–Crippen LogP) is 9.49. The summed E-state index contributed by atoms with van der Waals surface area (Å²) in [5.41, 5.74) is 4.22. The van der Waals surface area contributed by atoms with Crippen LogP contribution in [0.2, 0.25) is 0 Å². The van der Waals surface area contributed by atoms with Crippen molar-refractivity contribution in [3.63, 3.8) is 0 Å². The van der Waals surface area contributed by atoms with Crippen LogP contribution in [0.3, 0.4) is 0 Å². The molecule has 2 aliphatic rings. The molecule has 0 saturated heterocycles. The maximum atomic E-state index is 14.6. The molecule has 0 aromatic heterocycles. The molecule has 1 atom stereocenters. The molecule has 1 saturated carbocycles. The molecule has 0 aliphatic heterocycles. The number of hydrogen-bond donors (Lipinski definition) is 0. The van der Waals surface area contributed by atoms with Gasteiger partial charge in [0.1, 0.15) is 0 Å². The van der Waals surface area contributed by atoms with Crippen LogP contribution in [0.25, 0.3) is 5.57 Å². The Morgan fingerprint density at radius 2 is 1.56 bits per heavy atom. The van der Waals surface area contributed by atoms with E-state index in [1.807, 2.05) is 0 Å². The minimum absolute atomic E-state index is 0.0000827. The molecule has 2 aromatic rings. The van der Waals surface area contributed by atoms with Crippen LogP contribution in [-0.4, -0.2) is 6.61 Å². The molecule has 0 N–H and O–H groups in total. The van der Waals surface area contributed by atoms with Crippen LogP contribution < -0.4 is 4.74 Å². The number of halogens is 2. The van der Waals surface area contributed by atoms with Crippen LogP contribution in [0.5, 0.6) is 5.75 Å². The van der Waals surface area contributed by atoms with Crippen molar-refractivity contribution in [2.24, 2.45) is 17.8 Å². The summed E-state index contributed by atoms with van der Waals surface area (Å²) in [6.07, 6.45) is 19.6. The smallest absolute Gasteiger partial charge is 0.201 e. The topological polar surface area (TPSA) is 9.23 Å². The van der Waals surface area contributed by atoms with E-state index in [1.165, 1.54) is 49.7 Å². The van der Waals surface area contributed by atoms with Crippen LogP contribution in [0.4, 0.5) is 8.78 Å². The second-order valence-electron chi connectivity index (χ2n) is 10.6. The van der Waals surface area contributed by atoms with Gasteiger partial charge >= 0.3 is 0 Å². The van der Waals surface area contributed by atoms with Crippen LogP contribution >= 0.6 is 0 Å². The molecule has 1 unspecified atom stereocenters. The Morgan fingerprint density at radius 1 is 0.833 bits per heavy atom. The zero-order valence-electron chi connectivity index (χ0n) is 22.1. The van der Waals surface area contributed by atoms with E-state index in [0.717, 1.165) is 43.6 Å². The molecule has 3 heteroatoms. The molecule has 0 bridgehead atoms. The third-order valence-electron chi connectivity index (χ3n) is 8.20. The zero-order valence-corrected chi connectivity index (χ0v) is 22.1. The lowest BCUT2D eigenvalue weighted by Crippen LogP contribution is -2.22. The quantitative estimate of drug-likeness (QED) is 0.300. The molecule has 36 heavy (non-hydrogen) atoms. The third-order valence-corrected chi connectivity index (χ3v) is 8.20. The lowest BCUT2D eigenvalue weighted by Gasteiger charge is -2.35. The van der Waals surface area contributed by atoms with E-state index in [4.69, 9.17) is 4.74 Å². The molecule has 1 fully saturated rings. The largest absolute Gasteiger partial charge is 0.491 e. The van der Waals surface area contributed by atoms with Crippen LogP contribution in [0.1, 0.15) is 88.3 Å². The highest BCUT2D eigenvalue weighted by molar-refractivity contribution is 5.67. The lowest BCUT2D eigenvalue weighted by atomic mass is 9.71. The molecule has 2 aromatic carbocycles. The van der Waals surface area contributed by atoms with E-state index >= 15 is 0 Å². The Bertz CT molecular complexity index is 1030. The van der Waals surface area contributed by atoms with Crippen molar-refractivity contribution in [3.8, 4) is 5.75 Å². The number of hydrogen-bond acceptors (Lipinski definition) is 1. The second kappa shape index (κ2) is 13.2. The normalized spacial score (nSPS) is 22.6. The van der Waals surface area contributed by atoms with Crippen molar-refractivity contribution in [1.29, 1.82) is 0 Å². The minimum Gasteiger partial charge on any atom is -0.491 e. The number of benzene rings is 2. The SMILES string of the molecule is CCCc1ccc(CCC=CC2CCC(C3CC=C(c4ccc(OCC)c(F)c4F)CC3)CC2)cc1. The Labute approximate surface area is 216 Å². The Kier molecular flexibility index (Phi) is 9.78. The zero-order chi connectivity index (χ0) is 25.3. The summed E-state index contributed by atoms with van der Waals surface area (Å²) in [5.74, 6) is 0.504. The van der Waals surface area contributed by atoms with E-state index in [-0.39, 0.29) is 5.75 Å². The van der Waals surface area contributed by atoms with E-state index in [0.29, 0.717) is 24.0 Å². The van der Waals surface area contributed by atoms with Crippen molar-refractivity contribution in [3.05, 3.63) is 83.0 Å². The summed E-state index contributed by atoms with van der Waals surface area (Å²) in [7, 11) is 0. The summed E-state index contributed by atoms with van der Waals surface area (Å²) in [6.45, 7) is 4.32. The van der Waals surface area contributed by atoms with E-state index in [9.17, 15) is 8.78 Å². The van der Waals surface area contributed by atoms with Gasteiger partial charge in [-0.2, -0.15) is 4.39 Å². The molecule has 1 nitrogen and oxygen atoms in total. The van der Waals surface area contributed by atoms with E-state index < -0.39 is 11.6 Å². The fourth-order valence-corrected chi connectivity index (χ4v) is 6.08. The molecule has 2 aliphatic carbocycles. The number of rotatable bonds is 10.